The second-order valence-electron chi connectivity index (χ2n) is 6.48. The normalized spacial score (nSPS) is 11.0. The van der Waals surface area contributed by atoms with Gasteiger partial charge >= 0.3 is 0 Å². The van der Waals surface area contributed by atoms with Gasteiger partial charge in [-0.1, -0.05) is 30.3 Å². The van der Waals surface area contributed by atoms with Crippen molar-refractivity contribution in [3.05, 3.63) is 53.3 Å². The number of hydrogen-bond acceptors (Lipinski definition) is 3. The SMILES string of the molecule is CNC(=O)c1[nH]c(C(=O)NC(C)(C)C)cc1OCc1ccccc1. The van der Waals surface area contributed by atoms with Gasteiger partial charge in [0, 0.05) is 18.7 Å². The molecular weight excluding hydrogens is 306 g/mol. The Balaban J connectivity index is 2.22. The van der Waals surface area contributed by atoms with Gasteiger partial charge in [-0.25, -0.2) is 0 Å². The fourth-order valence-electron chi connectivity index (χ4n) is 2.11. The molecule has 24 heavy (non-hydrogen) atoms. The van der Waals surface area contributed by atoms with Gasteiger partial charge in [0.1, 0.15) is 18.0 Å². The number of aromatic nitrogens is 1. The lowest BCUT2D eigenvalue weighted by Gasteiger charge is -2.19. The predicted octanol–water partition coefficient (Wildman–Crippen LogP) is 2.48. The topological polar surface area (TPSA) is 83.2 Å². The molecule has 1 aromatic heterocycles. The third-order valence-electron chi connectivity index (χ3n) is 3.21. The summed E-state index contributed by atoms with van der Waals surface area (Å²) in [5.74, 6) is -0.285. The van der Waals surface area contributed by atoms with Gasteiger partial charge in [0.2, 0.25) is 0 Å². The smallest absolute Gasteiger partial charge is 0.271 e. The number of ether oxygens (including phenoxy) is 1. The minimum absolute atomic E-state index is 0.229. The standard InChI is InChI=1S/C18H23N3O3/c1-18(2,3)21-16(22)13-10-14(15(20-13)17(23)19-4)24-11-12-8-6-5-7-9-12/h5-10,20H,11H2,1-4H3,(H,19,23)(H,21,22). The molecule has 3 N–H and O–H groups in total. The highest BCUT2D eigenvalue weighted by Crippen LogP contribution is 2.22. The first-order valence-electron chi connectivity index (χ1n) is 7.74. The van der Waals surface area contributed by atoms with Crippen molar-refractivity contribution in [2.24, 2.45) is 0 Å². The van der Waals surface area contributed by atoms with Crippen molar-refractivity contribution in [1.82, 2.24) is 15.6 Å². The maximum absolute atomic E-state index is 12.3. The molecule has 2 amide bonds. The van der Waals surface area contributed by atoms with E-state index in [-0.39, 0.29) is 28.7 Å². The third-order valence-corrected chi connectivity index (χ3v) is 3.21. The lowest BCUT2D eigenvalue weighted by molar-refractivity contribution is 0.0915. The molecule has 6 heteroatoms. The van der Waals surface area contributed by atoms with Crippen LogP contribution in [0.4, 0.5) is 0 Å². The number of carbonyl (C=O) groups is 2. The van der Waals surface area contributed by atoms with E-state index >= 15 is 0 Å². The van der Waals surface area contributed by atoms with Crippen molar-refractivity contribution in [3.8, 4) is 5.75 Å². The first-order chi connectivity index (χ1) is 11.3. The number of hydrogen-bond donors (Lipinski definition) is 3. The van der Waals surface area contributed by atoms with Gasteiger partial charge in [0.05, 0.1) is 0 Å². The van der Waals surface area contributed by atoms with Gasteiger partial charge in [0.15, 0.2) is 5.75 Å². The predicted molar refractivity (Wildman–Crippen MR) is 92.2 cm³/mol. The zero-order chi connectivity index (χ0) is 17.7. The zero-order valence-electron chi connectivity index (χ0n) is 14.4. The first kappa shape index (κ1) is 17.6. The number of aromatic amines is 1. The fourth-order valence-corrected chi connectivity index (χ4v) is 2.11. The lowest BCUT2D eigenvalue weighted by Crippen LogP contribution is -2.40. The summed E-state index contributed by atoms with van der Waals surface area (Å²) in [4.78, 5) is 27.1. The van der Waals surface area contributed by atoms with Crippen LogP contribution in [0, 0.1) is 0 Å². The third kappa shape index (κ3) is 4.62. The van der Waals surface area contributed by atoms with Crippen LogP contribution in [0.2, 0.25) is 0 Å². The first-order valence-corrected chi connectivity index (χ1v) is 7.74. The van der Waals surface area contributed by atoms with Gasteiger partial charge in [-0.05, 0) is 26.3 Å². The van der Waals surface area contributed by atoms with Crippen molar-refractivity contribution in [2.75, 3.05) is 7.05 Å². The van der Waals surface area contributed by atoms with Crippen LogP contribution in [0.1, 0.15) is 47.3 Å². The Morgan fingerprint density at radius 2 is 1.79 bits per heavy atom. The summed E-state index contributed by atoms with van der Waals surface area (Å²) in [5.41, 5.74) is 1.11. The summed E-state index contributed by atoms with van der Waals surface area (Å²) in [7, 11) is 1.53. The van der Waals surface area contributed by atoms with Crippen LogP contribution < -0.4 is 15.4 Å². The molecule has 2 rings (SSSR count). The van der Waals surface area contributed by atoms with E-state index in [0.717, 1.165) is 5.56 Å². The monoisotopic (exact) mass is 329 g/mol. The summed E-state index contributed by atoms with van der Waals surface area (Å²) in [6.45, 7) is 5.98. The van der Waals surface area contributed by atoms with E-state index in [2.05, 4.69) is 15.6 Å². The van der Waals surface area contributed by atoms with E-state index in [9.17, 15) is 9.59 Å². The molecule has 0 spiro atoms. The van der Waals surface area contributed by atoms with Crippen LogP contribution in [0.3, 0.4) is 0 Å². The van der Waals surface area contributed by atoms with Crippen LogP contribution in [-0.4, -0.2) is 29.4 Å². The Bertz CT molecular complexity index is 715. The number of amides is 2. The summed E-state index contributed by atoms with van der Waals surface area (Å²) in [6, 6.07) is 11.2. The molecule has 1 aromatic carbocycles. The maximum atomic E-state index is 12.3. The lowest BCUT2D eigenvalue weighted by atomic mass is 10.1. The molecule has 0 unspecified atom stereocenters. The van der Waals surface area contributed by atoms with Crippen molar-refractivity contribution >= 4 is 11.8 Å². The Labute approximate surface area is 141 Å². The Morgan fingerprint density at radius 1 is 1.12 bits per heavy atom. The zero-order valence-corrected chi connectivity index (χ0v) is 14.4. The largest absolute Gasteiger partial charge is 0.486 e. The summed E-state index contributed by atoms with van der Waals surface area (Å²) in [6.07, 6.45) is 0. The van der Waals surface area contributed by atoms with Crippen molar-refractivity contribution in [1.29, 1.82) is 0 Å². The number of nitrogens with one attached hydrogen (secondary N) is 3. The van der Waals surface area contributed by atoms with Gasteiger partial charge in [0.25, 0.3) is 11.8 Å². The average Bonchev–Trinajstić information content (AvgIpc) is 2.96. The Hall–Kier alpha value is -2.76. The minimum Gasteiger partial charge on any atom is -0.486 e. The molecule has 0 aliphatic carbocycles. The molecule has 0 aliphatic heterocycles. The van der Waals surface area contributed by atoms with Gasteiger partial charge in [-0.2, -0.15) is 0 Å². The highest BCUT2D eigenvalue weighted by molar-refractivity contribution is 5.99. The van der Waals surface area contributed by atoms with Crippen LogP contribution in [0.5, 0.6) is 5.75 Å². The molecular formula is C18H23N3O3. The van der Waals surface area contributed by atoms with E-state index in [4.69, 9.17) is 4.74 Å². The van der Waals surface area contributed by atoms with Gasteiger partial charge < -0.3 is 20.4 Å². The summed E-state index contributed by atoms with van der Waals surface area (Å²) < 4.78 is 5.74. The van der Waals surface area contributed by atoms with Gasteiger partial charge in [-0.3, -0.25) is 9.59 Å². The van der Waals surface area contributed by atoms with E-state index in [0.29, 0.717) is 12.4 Å². The van der Waals surface area contributed by atoms with E-state index in [1.165, 1.54) is 7.05 Å². The quantitative estimate of drug-likeness (QED) is 0.788. The molecule has 0 radical (unpaired) electrons. The fraction of sp³-hybridized carbons (Fsp3) is 0.333. The van der Waals surface area contributed by atoms with Crippen molar-refractivity contribution < 1.29 is 14.3 Å². The molecule has 0 bridgehead atoms. The Kier molecular flexibility index (Phi) is 5.28. The number of rotatable bonds is 5. The molecule has 0 saturated carbocycles. The molecule has 0 fully saturated rings. The molecule has 128 valence electrons. The number of H-pyrrole nitrogens is 1. The van der Waals surface area contributed by atoms with E-state index in [1.807, 2.05) is 51.1 Å². The van der Waals surface area contributed by atoms with Crippen LogP contribution in [0.25, 0.3) is 0 Å². The molecule has 0 saturated heterocycles. The highest BCUT2D eigenvalue weighted by atomic mass is 16.5. The molecule has 2 aromatic rings. The van der Waals surface area contributed by atoms with Crippen molar-refractivity contribution in [3.63, 3.8) is 0 Å². The molecule has 0 aliphatic rings. The van der Waals surface area contributed by atoms with Crippen LogP contribution in [-0.2, 0) is 6.61 Å². The average molecular weight is 329 g/mol. The number of carbonyl (C=O) groups excluding carboxylic acids is 2. The molecule has 6 nitrogen and oxygen atoms in total. The van der Waals surface area contributed by atoms with Crippen LogP contribution >= 0.6 is 0 Å². The van der Waals surface area contributed by atoms with E-state index < -0.39 is 0 Å². The Morgan fingerprint density at radius 3 is 2.38 bits per heavy atom. The van der Waals surface area contributed by atoms with E-state index in [1.54, 1.807) is 6.07 Å². The number of benzene rings is 1. The van der Waals surface area contributed by atoms with Crippen LogP contribution in [0.15, 0.2) is 36.4 Å². The van der Waals surface area contributed by atoms with Crippen molar-refractivity contribution in [2.45, 2.75) is 32.9 Å². The highest BCUT2D eigenvalue weighted by Gasteiger charge is 2.22. The summed E-state index contributed by atoms with van der Waals surface area (Å²) in [5, 5.41) is 5.39. The molecule has 1 heterocycles. The second-order valence-corrected chi connectivity index (χ2v) is 6.48. The maximum Gasteiger partial charge on any atom is 0.271 e. The van der Waals surface area contributed by atoms with Gasteiger partial charge in [-0.15, -0.1) is 0 Å². The summed E-state index contributed by atoms with van der Waals surface area (Å²) >= 11 is 0. The molecule has 0 atom stereocenters. The second kappa shape index (κ2) is 7.21. The minimum atomic E-state index is -0.375.